The maximum absolute atomic E-state index is 13.2. The Hall–Kier alpha value is -0.900. The van der Waals surface area contributed by atoms with E-state index in [0.717, 1.165) is 6.42 Å². The molecule has 0 fully saturated rings. The third-order valence-corrected chi connectivity index (χ3v) is 2.40. The highest BCUT2D eigenvalue weighted by molar-refractivity contribution is 9.09. The Kier molecular flexibility index (Phi) is 4.75. The average molecular weight is 274 g/mol. The summed E-state index contributed by atoms with van der Waals surface area (Å²) < 4.78 is 13.2. The summed E-state index contributed by atoms with van der Waals surface area (Å²) in [6, 6.07) is 5.96. The first-order valence-corrected chi connectivity index (χ1v) is 5.69. The van der Waals surface area contributed by atoms with Crippen LogP contribution in [0.25, 0.3) is 0 Å². The molecule has 0 heterocycles. The molecule has 0 radical (unpaired) electrons. The molecule has 1 rings (SSSR count). The zero-order valence-corrected chi connectivity index (χ0v) is 10.1. The van der Waals surface area contributed by atoms with Gasteiger partial charge in [-0.2, -0.15) is 0 Å². The second-order valence-corrected chi connectivity index (χ2v) is 4.87. The molecule has 1 amide bonds. The van der Waals surface area contributed by atoms with E-state index >= 15 is 0 Å². The molecule has 0 aliphatic rings. The highest BCUT2D eigenvalue weighted by Crippen LogP contribution is 2.06. The van der Waals surface area contributed by atoms with Crippen LogP contribution in [0.2, 0.25) is 0 Å². The normalized spacial score (nSPS) is 12.2. The van der Waals surface area contributed by atoms with Crippen molar-refractivity contribution < 1.29 is 9.18 Å². The van der Waals surface area contributed by atoms with Gasteiger partial charge in [-0.05, 0) is 18.6 Å². The van der Waals surface area contributed by atoms with Gasteiger partial charge in [0.1, 0.15) is 5.82 Å². The minimum absolute atomic E-state index is 0.0970. The summed E-state index contributed by atoms with van der Waals surface area (Å²) >= 11 is 3.37. The van der Waals surface area contributed by atoms with Crippen LogP contribution in [0.4, 0.5) is 4.39 Å². The Morgan fingerprint density at radius 1 is 1.53 bits per heavy atom. The number of halogens is 2. The van der Waals surface area contributed by atoms with E-state index in [1.165, 1.54) is 12.1 Å². The number of alkyl halides is 1. The van der Waals surface area contributed by atoms with Crippen molar-refractivity contribution >= 4 is 21.8 Å². The molecule has 0 saturated heterocycles. The summed E-state index contributed by atoms with van der Waals surface area (Å²) in [5.41, 5.74) is 0.0970. The van der Waals surface area contributed by atoms with Gasteiger partial charge in [-0.3, -0.25) is 4.79 Å². The number of nitrogens with one attached hydrogen (secondary N) is 1. The highest BCUT2D eigenvalue weighted by atomic mass is 79.9. The number of carbonyl (C=O) groups is 1. The van der Waals surface area contributed by atoms with Crippen molar-refractivity contribution in [3.63, 3.8) is 0 Å². The zero-order valence-electron chi connectivity index (χ0n) is 8.47. The van der Waals surface area contributed by atoms with Gasteiger partial charge in [0.2, 0.25) is 0 Å². The SMILES string of the molecule is CC(Br)CCNC(=O)c1ccccc1F. The molecule has 1 N–H and O–H groups in total. The molecule has 0 spiro atoms. The van der Waals surface area contributed by atoms with Gasteiger partial charge in [0.05, 0.1) is 5.56 Å². The van der Waals surface area contributed by atoms with Crippen molar-refractivity contribution in [1.29, 1.82) is 0 Å². The van der Waals surface area contributed by atoms with Crippen LogP contribution in [0.5, 0.6) is 0 Å². The van der Waals surface area contributed by atoms with Crippen LogP contribution in [0.1, 0.15) is 23.7 Å². The monoisotopic (exact) mass is 273 g/mol. The summed E-state index contributed by atoms with van der Waals surface area (Å²) in [7, 11) is 0. The van der Waals surface area contributed by atoms with E-state index in [-0.39, 0.29) is 11.5 Å². The lowest BCUT2D eigenvalue weighted by molar-refractivity contribution is 0.0949. The third-order valence-electron chi connectivity index (χ3n) is 1.95. The van der Waals surface area contributed by atoms with Crippen LogP contribution in [-0.2, 0) is 0 Å². The number of rotatable bonds is 4. The molecule has 2 nitrogen and oxygen atoms in total. The first-order valence-electron chi connectivity index (χ1n) is 4.78. The van der Waals surface area contributed by atoms with Crippen molar-refractivity contribution in [3.8, 4) is 0 Å². The van der Waals surface area contributed by atoms with Crippen molar-refractivity contribution in [2.75, 3.05) is 6.54 Å². The van der Waals surface area contributed by atoms with Gasteiger partial charge in [0, 0.05) is 11.4 Å². The second-order valence-electron chi connectivity index (χ2n) is 3.31. The van der Waals surface area contributed by atoms with E-state index < -0.39 is 5.82 Å². The molecule has 1 aromatic carbocycles. The number of benzene rings is 1. The lowest BCUT2D eigenvalue weighted by atomic mass is 10.2. The van der Waals surface area contributed by atoms with E-state index in [2.05, 4.69) is 21.2 Å². The van der Waals surface area contributed by atoms with Crippen molar-refractivity contribution in [2.24, 2.45) is 0 Å². The van der Waals surface area contributed by atoms with Crippen LogP contribution >= 0.6 is 15.9 Å². The van der Waals surface area contributed by atoms with Crippen molar-refractivity contribution in [3.05, 3.63) is 35.6 Å². The van der Waals surface area contributed by atoms with E-state index in [0.29, 0.717) is 11.4 Å². The quantitative estimate of drug-likeness (QED) is 0.840. The van der Waals surface area contributed by atoms with Crippen LogP contribution in [0.3, 0.4) is 0 Å². The summed E-state index contributed by atoms with van der Waals surface area (Å²) in [5.74, 6) is -0.844. The fourth-order valence-corrected chi connectivity index (χ4v) is 1.35. The molecule has 0 aliphatic heterocycles. The predicted molar refractivity (Wildman–Crippen MR) is 61.7 cm³/mol. The number of amides is 1. The third kappa shape index (κ3) is 4.00. The van der Waals surface area contributed by atoms with Crippen molar-refractivity contribution in [2.45, 2.75) is 18.2 Å². The van der Waals surface area contributed by atoms with Gasteiger partial charge < -0.3 is 5.32 Å². The lowest BCUT2D eigenvalue weighted by Crippen LogP contribution is -2.26. The van der Waals surface area contributed by atoms with Gasteiger partial charge >= 0.3 is 0 Å². The minimum atomic E-state index is -0.484. The summed E-state index contributed by atoms with van der Waals surface area (Å²) in [6.45, 7) is 2.54. The molecule has 0 aromatic heterocycles. The Morgan fingerprint density at radius 2 is 2.20 bits per heavy atom. The molecule has 1 aromatic rings. The number of carbonyl (C=O) groups excluding carboxylic acids is 1. The van der Waals surface area contributed by atoms with Crippen LogP contribution < -0.4 is 5.32 Å². The Bertz CT molecular complexity index is 341. The maximum atomic E-state index is 13.2. The molecule has 1 unspecified atom stereocenters. The summed E-state index contributed by atoms with van der Waals surface area (Å²) in [6.07, 6.45) is 0.820. The van der Waals surface area contributed by atoms with Gasteiger partial charge in [-0.25, -0.2) is 4.39 Å². The minimum Gasteiger partial charge on any atom is -0.352 e. The Balaban J connectivity index is 2.51. The van der Waals surface area contributed by atoms with Gasteiger partial charge in [0.15, 0.2) is 0 Å². The molecule has 1 atom stereocenters. The van der Waals surface area contributed by atoms with Crippen LogP contribution in [0, 0.1) is 5.82 Å². The fourth-order valence-electron chi connectivity index (χ4n) is 1.13. The van der Waals surface area contributed by atoms with E-state index in [1.54, 1.807) is 12.1 Å². The molecule has 0 saturated carbocycles. The molecular weight excluding hydrogens is 261 g/mol. The number of hydrogen-bond donors (Lipinski definition) is 1. The maximum Gasteiger partial charge on any atom is 0.254 e. The average Bonchev–Trinajstić information content (AvgIpc) is 2.17. The first-order chi connectivity index (χ1) is 7.11. The molecule has 15 heavy (non-hydrogen) atoms. The first kappa shape index (κ1) is 12.2. The van der Waals surface area contributed by atoms with Crippen LogP contribution in [0.15, 0.2) is 24.3 Å². The standard InChI is InChI=1S/C11H13BrFNO/c1-8(12)6-7-14-11(15)9-4-2-3-5-10(9)13/h2-5,8H,6-7H2,1H3,(H,14,15). The number of hydrogen-bond acceptors (Lipinski definition) is 1. The van der Waals surface area contributed by atoms with Gasteiger partial charge in [-0.15, -0.1) is 0 Å². The zero-order chi connectivity index (χ0) is 11.3. The van der Waals surface area contributed by atoms with Gasteiger partial charge in [0.25, 0.3) is 5.91 Å². The Morgan fingerprint density at radius 3 is 2.80 bits per heavy atom. The molecular formula is C11H13BrFNO. The summed E-state index contributed by atoms with van der Waals surface area (Å²) in [4.78, 5) is 11.8. The summed E-state index contributed by atoms with van der Waals surface area (Å²) in [5, 5.41) is 2.66. The Labute approximate surface area is 97.0 Å². The van der Waals surface area contributed by atoms with Crippen LogP contribution in [-0.4, -0.2) is 17.3 Å². The van der Waals surface area contributed by atoms with Crippen molar-refractivity contribution in [1.82, 2.24) is 5.32 Å². The smallest absolute Gasteiger partial charge is 0.254 e. The molecule has 0 aliphatic carbocycles. The lowest BCUT2D eigenvalue weighted by Gasteiger charge is -2.06. The largest absolute Gasteiger partial charge is 0.352 e. The predicted octanol–water partition coefficient (Wildman–Crippen LogP) is 2.73. The van der Waals surface area contributed by atoms with E-state index in [1.807, 2.05) is 6.92 Å². The molecule has 82 valence electrons. The second kappa shape index (κ2) is 5.85. The van der Waals surface area contributed by atoms with E-state index in [4.69, 9.17) is 0 Å². The van der Waals surface area contributed by atoms with Gasteiger partial charge in [-0.1, -0.05) is 35.0 Å². The molecule has 0 bridgehead atoms. The molecule has 4 heteroatoms. The fraction of sp³-hybridized carbons (Fsp3) is 0.364. The topological polar surface area (TPSA) is 29.1 Å². The highest BCUT2D eigenvalue weighted by Gasteiger charge is 2.09. The van der Waals surface area contributed by atoms with E-state index in [9.17, 15) is 9.18 Å².